The number of rotatable bonds is 13. The van der Waals surface area contributed by atoms with E-state index in [1.807, 2.05) is 18.9 Å². The molecule has 1 aliphatic rings. The molecule has 1 aliphatic heterocycles. The summed E-state index contributed by atoms with van der Waals surface area (Å²) in [5.41, 5.74) is 5.12. The van der Waals surface area contributed by atoms with Gasteiger partial charge < -0.3 is 5.84 Å². The van der Waals surface area contributed by atoms with Gasteiger partial charge in [-0.2, -0.15) is 5.10 Å². The zero-order chi connectivity index (χ0) is 20.5. The Balaban J connectivity index is 2.23. The van der Waals surface area contributed by atoms with E-state index in [1.165, 1.54) is 0 Å². The number of hydrogen-bond donors (Lipinski definition) is 3. The van der Waals surface area contributed by atoms with Crippen LogP contribution in [0.4, 0.5) is 0 Å². The molecule has 0 spiro atoms. The normalized spacial score (nSPS) is 17.3. The van der Waals surface area contributed by atoms with Crippen LogP contribution >= 0.6 is 0 Å². The Labute approximate surface area is 167 Å². The monoisotopic (exact) mass is 422 g/mol. The number of nitrogens with two attached hydrogens (primary N) is 1. The van der Waals surface area contributed by atoms with Crippen molar-refractivity contribution in [1.82, 2.24) is 21.1 Å². The molecule has 2 unspecified atom stereocenters. The predicted octanol–water partition coefficient (Wildman–Crippen LogP) is 0.652. The van der Waals surface area contributed by atoms with Crippen LogP contribution in [0.15, 0.2) is 15.5 Å². The standard InChI is InChI=1S/C15H34N8O2S2/c1-14(2,22(5)20-18-16)7-11-26(24)9-6-10-27(25)12-8-15(3,4)23-13-17-19-21-23/h13,19,21H,6-12H2,1-5H3,(H2,16,20). The molecule has 0 aromatic carbocycles. The van der Waals surface area contributed by atoms with Gasteiger partial charge in [0.15, 0.2) is 0 Å². The van der Waals surface area contributed by atoms with Crippen molar-refractivity contribution in [2.45, 2.75) is 58.0 Å². The fourth-order valence-corrected chi connectivity index (χ4v) is 5.28. The summed E-state index contributed by atoms with van der Waals surface area (Å²) in [6, 6.07) is 0. The highest BCUT2D eigenvalue weighted by atomic mass is 32.2. The molecular weight excluding hydrogens is 388 g/mol. The molecule has 1 heterocycles. The second-order valence-corrected chi connectivity index (χ2v) is 11.1. The Bertz CT molecular complexity index is 568. The Morgan fingerprint density at radius 3 is 2.22 bits per heavy atom. The first-order chi connectivity index (χ1) is 12.6. The summed E-state index contributed by atoms with van der Waals surface area (Å²) in [7, 11) is -0.0571. The molecule has 0 bridgehead atoms. The lowest BCUT2D eigenvalue weighted by Gasteiger charge is -2.33. The van der Waals surface area contributed by atoms with Crippen molar-refractivity contribution in [3.05, 3.63) is 0 Å². The van der Waals surface area contributed by atoms with Crippen LogP contribution in [0.1, 0.15) is 47.0 Å². The summed E-state index contributed by atoms with van der Waals surface area (Å²) < 4.78 is 24.5. The van der Waals surface area contributed by atoms with Crippen LogP contribution in [0.5, 0.6) is 0 Å². The Hall–Kier alpha value is -1.27. The first kappa shape index (κ1) is 23.8. The highest BCUT2D eigenvalue weighted by Crippen LogP contribution is 2.19. The van der Waals surface area contributed by atoms with Gasteiger partial charge in [0, 0.05) is 51.7 Å². The molecule has 158 valence electrons. The van der Waals surface area contributed by atoms with Crippen LogP contribution in [0.2, 0.25) is 0 Å². The topological polar surface area (TPSA) is 128 Å². The van der Waals surface area contributed by atoms with E-state index in [0.717, 1.165) is 6.42 Å². The third-order valence-electron chi connectivity index (χ3n) is 4.75. The van der Waals surface area contributed by atoms with E-state index < -0.39 is 21.6 Å². The van der Waals surface area contributed by atoms with Crippen molar-refractivity contribution >= 4 is 27.9 Å². The minimum absolute atomic E-state index is 0.191. The molecule has 0 radical (unpaired) electrons. The van der Waals surface area contributed by atoms with E-state index in [9.17, 15) is 8.42 Å². The van der Waals surface area contributed by atoms with Crippen molar-refractivity contribution in [1.29, 1.82) is 0 Å². The van der Waals surface area contributed by atoms with E-state index in [0.29, 0.717) is 35.9 Å². The molecule has 0 aliphatic carbocycles. The second kappa shape index (κ2) is 10.9. The van der Waals surface area contributed by atoms with Crippen molar-refractivity contribution in [3.63, 3.8) is 0 Å². The number of hydrazine groups is 2. The summed E-state index contributed by atoms with van der Waals surface area (Å²) in [4.78, 5) is 0. The molecule has 0 aromatic heterocycles. The van der Waals surface area contributed by atoms with Gasteiger partial charge in [-0.3, -0.25) is 18.4 Å². The summed E-state index contributed by atoms with van der Waals surface area (Å²) in [6.45, 7) is 8.14. The lowest BCUT2D eigenvalue weighted by atomic mass is 10.0. The zero-order valence-corrected chi connectivity index (χ0v) is 18.6. The van der Waals surface area contributed by atoms with Crippen molar-refractivity contribution < 1.29 is 8.42 Å². The van der Waals surface area contributed by atoms with Crippen LogP contribution in [-0.4, -0.2) is 65.9 Å². The molecule has 0 saturated heterocycles. The molecular formula is C15H34N8O2S2. The Morgan fingerprint density at radius 1 is 1.11 bits per heavy atom. The predicted molar refractivity (Wildman–Crippen MR) is 111 cm³/mol. The summed E-state index contributed by atoms with van der Waals surface area (Å²) in [5.74, 6) is 7.40. The summed E-state index contributed by atoms with van der Waals surface area (Å²) in [5, 5.41) is 14.5. The van der Waals surface area contributed by atoms with Gasteiger partial charge in [-0.25, -0.2) is 5.53 Å². The average molecular weight is 423 g/mol. The smallest absolute Gasteiger partial charge is 0.129 e. The average Bonchev–Trinajstić information content (AvgIpc) is 3.14. The fourth-order valence-electron chi connectivity index (χ4n) is 2.30. The number of nitrogens with one attached hydrogen (secondary N) is 2. The van der Waals surface area contributed by atoms with E-state index in [2.05, 4.69) is 40.5 Å². The quantitative estimate of drug-likeness (QED) is 0.226. The highest BCUT2D eigenvalue weighted by Gasteiger charge is 2.27. The number of hydrogen-bond acceptors (Lipinski definition) is 8. The third kappa shape index (κ3) is 8.52. The molecule has 0 fully saturated rings. The fraction of sp³-hybridized carbons (Fsp3) is 0.933. The van der Waals surface area contributed by atoms with Crippen LogP contribution in [0, 0.1) is 0 Å². The molecule has 12 heteroatoms. The van der Waals surface area contributed by atoms with E-state index in [4.69, 9.17) is 5.84 Å². The van der Waals surface area contributed by atoms with Gasteiger partial charge in [0.2, 0.25) is 0 Å². The van der Waals surface area contributed by atoms with Gasteiger partial charge in [0.1, 0.15) is 6.34 Å². The first-order valence-corrected chi connectivity index (χ1v) is 11.9. The molecule has 2 atom stereocenters. The second-order valence-electron chi connectivity index (χ2n) is 7.74. The van der Waals surface area contributed by atoms with Gasteiger partial charge in [0.25, 0.3) is 0 Å². The van der Waals surface area contributed by atoms with Gasteiger partial charge in [-0.05, 0) is 47.0 Å². The van der Waals surface area contributed by atoms with Crippen molar-refractivity contribution in [2.75, 3.05) is 30.1 Å². The first-order valence-electron chi connectivity index (χ1n) is 8.96. The third-order valence-corrected chi connectivity index (χ3v) is 7.56. The number of nitrogens with zero attached hydrogens (tertiary/aromatic N) is 5. The van der Waals surface area contributed by atoms with Gasteiger partial charge in [-0.15, -0.1) is 5.53 Å². The van der Waals surface area contributed by atoms with Crippen LogP contribution in [0.25, 0.3) is 0 Å². The molecule has 4 N–H and O–H groups in total. The van der Waals surface area contributed by atoms with E-state index in [-0.39, 0.29) is 11.1 Å². The highest BCUT2D eigenvalue weighted by molar-refractivity contribution is 7.85. The molecule has 10 nitrogen and oxygen atoms in total. The van der Waals surface area contributed by atoms with Gasteiger partial charge >= 0.3 is 0 Å². The Morgan fingerprint density at radius 2 is 1.70 bits per heavy atom. The molecule has 0 aromatic rings. The van der Waals surface area contributed by atoms with Crippen LogP contribution in [-0.2, 0) is 21.6 Å². The molecule has 0 amide bonds. The summed E-state index contributed by atoms with van der Waals surface area (Å²) in [6.07, 6.45) is 3.85. The van der Waals surface area contributed by atoms with Crippen molar-refractivity contribution in [2.24, 2.45) is 21.4 Å². The van der Waals surface area contributed by atoms with Crippen molar-refractivity contribution in [3.8, 4) is 0 Å². The lowest BCUT2D eigenvalue weighted by molar-refractivity contribution is 0.145. The SMILES string of the molecule is CN(/N=N\N)C(C)(C)CCS(=O)CCCS(=O)CCC(C)(C)N1C=NNN1. The zero-order valence-electron chi connectivity index (χ0n) is 17.0. The lowest BCUT2D eigenvalue weighted by Crippen LogP contribution is -2.51. The Kier molecular flexibility index (Phi) is 9.60. The van der Waals surface area contributed by atoms with Crippen LogP contribution in [0.3, 0.4) is 0 Å². The maximum Gasteiger partial charge on any atom is 0.129 e. The van der Waals surface area contributed by atoms with Crippen LogP contribution < -0.4 is 16.9 Å². The molecule has 0 saturated carbocycles. The maximum absolute atomic E-state index is 12.2. The minimum Gasteiger partial charge on any atom is -0.303 e. The summed E-state index contributed by atoms with van der Waals surface area (Å²) >= 11 is 0. The minimum atomic E-state index is -0.935. The molecule has 27 heavy (non-hydrogen) atoms. The largest absolute Gasteiger partial charge is 0.303 e. The van der Waals surface area contributed by atoms with E-state index >= 15 is 0 Å². The van der Waals surface area contributed by atoms with Gasteiger partial charge in [-0.1, -0.05) is 10.4 Å². The van der Waals surface area contributed by atoms with E-state index in [1.54, 1.807) is 18.4 Å². The van der Waals surface area contributed by atoms with Gasteiger partial charge in [0.05, 0.1) is 11.1 Å². The molecule has 1 rings (SSSR count). The maximum atomic E-state index is 12.2. The number of hydrazone groups is 1.